The Morgan fingerprint density at radius 1 is 1.05 bits per heavy atom. The lowest BCUT2D eigenvalue weighted by atomic mass is 9.96. The van der Waals surface area contributed by atoms with Crippen LogP contribution in [0.3, 0.4) is 0 Å². The Morgan fingerprint density at radius 3 is 2.54 bits per heavy atom. The number of benzene rings is 1. The van der Waals surface area contributed by atoms with E-state index in [1.54, 1.807) is 19.1 Å². The molecule has 2 aliphatic rings. The summed E-state index contributed by atoms with van der Waals surface area (Å²) in [6.45, 7) is 7.78. The number of rotatable bonds is 6. The number of halogens is 1. The van der Waals surface area contributed by atoms with Crippen LogP contribution in [-0.2, 0) is 6.42 Å². The molecule has 1 aliphatic heterocycles. The van der Waals surface area contributed by atoms with Crippen molar-refractivity contribution in [2.45, 2.75) is 52.5 Å². The maximum atomic E-state index is 15.0. The summed E-state index contributed by atoms with van der Waals surface area (Å²) >= 11 is 0. The summed E-state index contributed by atoms with van der Waals surface area (Å²) in [5, 5.41) is 9.55. The van der Waals surface area contributed by atoms with Gasteiger partial charge in [0, 0.05) is 37.5 Å². The van der Waals surface area contributed by atoms with Crippen LogP contribution in [0.4, 0.5) is 10.2 Å². The molecule has 0 spiro atoms. The number of carbonyl (C=O) groups is 2. The molecular formula is C27H31FN6O3. The number of nitrogens with one attached hydrogen (secondary N) is 2. The predicted molar refractivity (Wildman–Crippen MR) is 135 cm³/mol. The fourth-order valence-electron chi connectivity index (χ4n) is 5.22. The van der Waals surface area contributed by atoms with Crippen molar-refractivity contribution < 1.29 is 18.5 Å². The van der Waals surface area contributed by atoms with E-state index in [1.165, 1.54) is 6.07 Å². The van der Waals surface area contributed by atoms with Crippen molar-refractivity contribution in [3.05, 3.63) is 69.7 Å². The highest BCUT2D eigenvalue weighted by Crippen LogP contribution is 2.33. The summed E-state index contributed by atoms with van der Waals surface area (Å²) in [5.41, 5.74) is 2.76. The SMILES string of the molecule is Cc1cc(N2CCC(CNC(=O)c3cc4c(cc3F)[C@H](NC(=O)c3cc(C)on3)CC4)CC2)nc(C)n1. The molecule has 3 aromatic rings. The third kappa shape index (κ3) is 5.47. The number of aryl methyl sites for hydroxylation is 4. The zero-order valence-electron chi connectivity index (χ0n) is 21.3. The van der Waals surface area contributed by atoms with E-state index >= 15 is 0 Å². The van der Waals surface area contributed by atoms with Gasteiger partial charge in [-0.2, -0.15) is 0 Å². The zero-order valence-corrected chi connectivity index (χ0v) is 21.3. The van der Waals surface area contributed by atoms with E-state index in [9.17, 15) is 14.0 Å². The lowest BCUT2D eigenvalue weighted by molar-refractivity contribution is 0.0922. The number of nitrogens with zero attached hydrogens (tertiary/aromatic N) is 4. The van der Waals surface area contributed by atoms with Gasteiger partial charge in [-0.15, -0.1) is 0 Å². The normalized spacial score (nSPS) is 17.5. The molecule has 0 unspecified atom stereocenters. The molecule has 37 heavy (non-hydrogen) atoms. The Hall–Kier alpha value is -3.82. The smallest absolute Gasteiger partial charge is 0.273 e. The number of aromatic nitrogens is 3. The minimum Gasteiger partial charge on any atom is -0.361 e. The van der Waals surface area contributed by atoms with Crippen LogP contribution in [0, 0.1) is 32.5 Å². The summed E-state index contributed by atoms with van der Waals surface area (Å²) in [7, 11) is 0. The standard InChI is InChI=1S/C27H31FN6O3/c1-15-10-25(31-17(3)30-15)34-8-6-18(7-9-34)14-29-26(35)21-12-19-4-5-23(20(19)13-22(21)28)32-27(36)24-11-16(2)37-33-24/h10-13,18,23H,4-9,14H2,1-3H3,(H,29,35)(H,32,36)/t23-/m1/s1. The predicted octanol–water partition coefficient (Wildman–Crippen LogP) is 3.59. The molecular weight excluding hydrogens is 475 g/mol. The molecule has 1 atom stereocenters. The lowest BCUT2D eigenvalue weighted by Crippen LogP contribution is -2.39. The Kier molecular flexibility index (Phi) is 6.90. The van der Waals surface area contributed by atoms with Gasteiger partial charge < -0.3 is 20.1 Å². The van der Waals surface area contributed by atoms with E-state index in [0.29, 0.717) is 36.6 Å². The van der Waals surface area contributed by atoms with Crippen molar-refractivity contribution in [1.29, 1.82) is 0 Å². The van der Waals surface area contributed by atoms with Gasteiger partial charge in [-0.1, -0.05) is 5.16 Å². The van der Waals surface area contributed by atoms with Crippen LogP contribution < -0.4 is 15.5 Å². The summed E-state index contributed by atoms with van der Waals surface area (Å²) in [6.07, 6.45) is 3.12. The zero-order chi connectivity index (χ0) is 26.1. The highest BCUT2D eigenvalue weighted by molar-refractivity contribution is 5.95. The van der Waals surface area contributed by atoms with Crippen LogP contribution in [0.5, 0.6) is 0 Å². The topological polar surface area (TPSA) is 113 Å². The van der Waals surface area contributed by atoms with Crippen molar-refractivity contribution in [3.8, 4) is 0 Å². The van der Waals surface area contributed by atoms with E-state index in [-0.39, 0.29) is 23.2 Å². The number of piperidine rings is 1. The van der Waals surface area contributed by atoms with Gasteiger partial charge >= 0.3 is 0 Å². The fraction of sp³-hybridized carbons (Fsp3) is 0.444. The highest BCUT2D eigenvalue weighted by Gasteiger charge is 2.29. The molecule has 2 aromatic heterocycles. The molecule has 3 heterocycles. The van der Waals surface area contributed by atoms with Crippen molar-refractivity contribution in [1.82, 2.24) is 25.8 Å². The van der Waals surface area contributed by atoms with Gasteiger partial charge in [-0.25, -0.2) is 14.4 Å². The van der Waals surface area contributed by atoms with Crippen LogP contribution in [0.25, 0.3) is 0 Å². The molecule has 2 N–H and O–H groups in total. The van der Waals surface area contributed by atoms with Gasteiger partial charge in [-0.3, -0.25) is 9.59 Å². The molecule has 2 amide bonds. The molecule has 1 aromatic carbocycles. The molecule has 5 rings (SSSR count). The summed E-state index contributed by atoms with van der Waals surface area (Å²) < 4.78 is 19.9. The summed E-state index contributed by atoms with van der Waals surface area (Å²) in [5.74, 6) is 1.21. The molecule has 10 heteroatoms. The number of fused-ring (bicyclic) bond motifs is 1. The Labute approximate surface area is 214 Å². The number of hydrogen-bond donors (Lipinski definition) is 2. The minimum absolute atomic E-state index is 0.0437. The van der Waals surface area contributed by atoms with E-state index < -0.39 is 11.7 Å². The summed E-state index contributed by atoms with van der Waals surface area (Å²) in [4.78, 5) is 36.4. The van der Waals surface area contributed by atoms with E-state index in [1.807, 2.05) is 19.9 Å². The quantitative estimate of drug-likeness (QED) is 0.525. The van der Waals surface area contributed by atoms with Crippen molar-refractivity contribution in [2.75, 3.05) is 24.5 Å². The Morgan fingerprint density at radius 2 is 1.84 bits per heavy atom. The first-order valence-electron chi connectivity index (χ1n) is 12.7. The first kappa shape index (κ1) is 24.9. The average Bonchev–Trinajstić information content (AvgIpc) is 3.47. The lowest BCUT2D eigenvalue weighted by Gasteiger charge is -2.33. The fourth-order valence-corrected chi connectivity index (χ4v) is 5.22. The molecule has 9 nitrogen and oxygen atoms in total. The second kappa shape index (κ2) is 10.3. The van der Waals surface area contributed by atoms with Gasteiger partial charge in [0.15, 0.2) is 5.69 Å². The molecule has 1 aliphatic carbocycles. The van der Waals surface area contributed by atoms with Crippen LogP contribution in [0.1, 0.15) is 74.6 Å². The van der Waals surface area contributed by atoms with Crippen LogP contribution in [-0.4, -0.2) is 46.6 Å². The molecule has 1 saturated heterocycles. The monoisotopic (exact) mass is 506 g/mol. The Balaban J connectivity index is 1.16. The second-order valence-corrected chi connectivity index (χ2v) is 9.97. The van der Waals surface area contributed by atoms with Gasteiger partial charge in [0.2, 0.25) is 0 Å². The number of hydrogen-bond acceptors (Lipinski definition) is 7. The third-order valence-electron chi connectivity index (χ3n) is 7.16. The van der Waals surface area contributed by atoms with Gasteiger partial charge in [-0.05, 0) is 75.6 Å². The Bertz CT molecular complexity index is 1310. The van der Waals surface area contributed by atoms with Crippen molar-refractivity contribution >= 4 is 17.6 Å². The van der Waals surface area contributed by atoms with Crippen LogP contribution in [0.15, 0.2) is 28.8 Å². The molecule has 0 radical (unpaired) electrons. The molecule has 1 fully saturated rings. The second-order valence-electron chi connectivity index (χ2n) is 9.97. The molecule has 0 bridgehead atoms. The largest absolute Gasteiger partial charge is 0.361 e. The molecule has 194 valence electrons. The first-order chi connectivity index (χ1) is 17.8. The van der Waals surface area contributed by atoms with Gasteiger partial charge in [0.1, 0.15) is 23.2 Å². The highest BCUT2D eigenvalue weighted by atomic mass is 19.1. The van der Waals surface area contributed by atoms with E-state index in [0.717, 1.165) is 48.8 Å². The molecule has 0 saturated carbocycles. The van der Waals surface area contributed by atoms with Crippen LogP contribution >= 0.6 is 0 Å². The maximum Gasteiger partial charge on any atom is 0.273 e. The van der Waals surface area contributed by atoms with Crippen molar-refractivity contribution in [3.63, 3.8) is 0 Å². The minimum atomic E-state index is -0.584. The maximum absolute atomic E-state index is 15.0. The number of amides is 2. The van der Waals surface area contributed by atoms with Gasteiger partial charge in [0.25, 0.3) is 11.8 Å². The van der Waals surface area contributed by atoms with Crippen molar-refractivity contribution in [2.24, 2.45) is 5.92 Å². The van der Waals surface area contributed by atoms with E-state index in [2.05, 4.69) is 30.7 Å². The number of anilines is 1. The first-order valence-corrected chi connectivity index (χ1v) is 12.7. The van der Waals surface area contributed by atoms with Gasteiger partial charge in [0.05, 0.1) is 11.6 Å². The van der Waals surface area contributed by atoms with Crippen LogP contribution in [0.2, 0.25) is 0 Å². The summed E-state index contributed by atoms with van der Waals surface area (Å²) in [6, 6.07) is 6.21. The number of carbonyl (C=O) groups excluding carboxylic acids is 2. The average molecular weight is 507 g/mol. The van der Waals surface area contributed by atoms with E-state index in [4.69, 9.17) is 4.52 Å². The third-order valence-corrected chi connectivity index (χ3v) is 7.16.